The molecule has 0 aliphatic rings. The monoisotopic (exact) mass is 337 g/mol. The van der Waals surface area contributed by atoms with Crippen molar-refractivity contribution in [3.63, 3.8) is 0 Å². The summed E-state index contributed by atoms with van der Waals surface area (Å²) in [6, 6.07) is 15.5. The number of aromatic amines is 1. The number of rotatable bonds is 2. The minimum Gasteiger partial charge on any atom is -0.508 e. The number of hydrogen-bond donors (Lipinski definition) is 2. The molecule has 0 saturated heterocycles. The first-order chi connectivity index (χ1) is 11.6. The molecule has 2 N–H and O–H groups in total. The van der Waals surface area contributed by atoms with Crippen LogP contribution >= 0.6 is 11.6 Å². The van der Waals surface area contributed by atoms with E-state index in [4.69, 9.17) is 11.6 Å². The summed E-state index contributed by atoms with van der Waals surface area (Å²) in [6.07, 6.45) is 1.65. The number of phenolic OH excluding ortho intramolecular Hbond substituents is 1. The van der Waals surface area contributed by atoms with Crippen LogP contribution in [-0.4, -0.2) is 19.9 Å². The van der Waals surface area contributed by atoms with Crippen molar-refractivity contribution >= 4 is 22.6 Å². The van der Waals surface area contributed by atoms with Gasteiger partial charge in [0.25, 0.3) is 5.56 Å². The smallest absolute Gasteiger partial charge is 0.281 e. The second kappa shape index (κ2) is 5.54. The van der Waals surface area contributed by atoms with Crippen LogP contribution < -0.4 is 5.56 Å². The molecule has 0 aliphatic heterocycles. The van der Waals surface area contributed by atoms with Gasteiger partial charge in [-0.25, -0.2) is 9.67 Å². The number of H-pyrrole nitrogens is 1. The minimum absolute atomic E-state index is 0.177. The van der Waals surface area contributed by atoms with Gasteiger partial charge in [0.05, 0.1) is 11.1 Å². The predicted octanol–water partition coefficient (Wildman–Crippen LogP) is 3.74. The van der Waals surface area contributed by atoms with E-state index in [2.05, 4.69) is 10.1 Å². The van der Waals surface area contributed by atoms with Crippen LogP contribution in [0.2, 0.25) is 5.02 Å². The molecule has 2 heterocycles. The Morgan fingerprint density at radius 2 is 1.71 bits per heavy atom. The van der Waals surface area contributed by atoms with Gasteiger partial charge >= 0.3 is 0 Å². The van der Waals surface area contributed by atoms with E-state index in [1.807, 2.05) is 0 Å². The fraction of sp³-hybridized carbons (Fsp3) is 0. The van der Waals surface area contributed by atoms with Crippen molar-refractivity contribution in [3.05, 3.63) is 76.2 Å². The van der Waals surface area contributed by atoms with Gasteiger partial charge in [-0.3, -0.25) is 9.89 Å². The van der Waals surface area contributed by atoms with Crippen molar-refractivity contribution in [2.45, 2.75) is 0 Å². The standard InChI is InChI=1S/C18H12ClN3O2/c19-12-3-5-13(6-4-12)22-18(24)16-15(9-10-20-17(16)21-22)11-1-7-14(23)8-2-11/h1-10,23H,(H,20,21). The summed E-state index contributed by atoms with van der Waals surface area (Å²) in [5.41, 5.74) is 2.58. The third-order valence-electron chi connectivity index (χ3n) is 3.85. The minimum atomic E-state index is -0.191. The number of aromatic hydroxyl groups is 1. The molecule has 0 fully saturated rings. The Morgan fingerprint density at radius 3 is 2.42 bits per heavy atom. The summed E-state index contributed by atoms with van der Waals surface area (Å²) in [6.45, 7) is 0. The summed E-state index contributed by atoms with van der Waals surface area (Å²) < 4.78 is 1.44. The van der Waals surface area contributed by atoms with E-state index in [-0.39, 0.29) is 11.3 Å². The van der Waals surface area contributed by atoms with Crippen LogP contribution in [0.5, 0.6) is 5.75 Å². The maximum absolute atomic E-state index is 12.9. The summed E-state index contributed by atoms with van der Waals surface area (Å²) >= 11 is 5.91. The number of nitrogens with zero attached hydrogens (tertiary/aromatic N) is 2. The highest BCUT2D eigenvalue weighted by Crippen LogP contribution is 2.26. The average Bonchev–Trinajstić information content (AvgIpc) is 2.93. The van der Waals surface area contributed by atoms with Crippen molar-refractivity contribution in [1.82, 2.24) is 14.8 Å². The van der Waals surface area contributed by atoms with Gasteiger partial charge in [-0.05, 0) is 53.6 Å². The molecule has 4 aromatic rings. The maximum atomic E-state index is 12.9. The van der Waals surface area contributed by atoms with Gasteiger partial charge in [0.1, 0.15) is 5.75 Å². The molecule has 5 nitrogen and oxygen atoms in total. The maximum Gasteiger partial charge on any atom is 0.281 e. The van der Waals surface area contributed by atoms with Gasteiger partial charge in [-0.1, -0.05) is 23.7 Å². The molecule has 4 rings (SSSR count). The van der Waals surface area contributed by atoms with Crippen LogP contribution in [0.4, 0.5) is 0 Å². The van der Waals surface area contributed by atoms with Crippen LogP contribution in [0, 0.1) is 0 Å². The molecule has 0 bridgehead atoms. The number of halogens is 1. The lowest BCUT2D eigenvalue weighted by atomic mass is 10.0. The third-order valence-corrected chi connectivity index (χ3v) is 4.10. The predicted molar refractivity (Wildman–Crippen MR) is 93.8 cm³/mol. The number of benzene rings is 2. The largest absolute Gasteiger partial charge is 0.508 e. The van der Waals surface area contributed by atoms with Gasteiger partial charge < -0.3 is 5.11 Å². The number of phenols is 1. The highest BCUT2D eigenvalue weighted by molar-refractivity contribution is 6.30. The molecule has 0 spiro atoms. The third kappa shape index (κ3) is 2.35. The average molecular weight is 338 g/mol. The Balaban J connectivity index is 1.96. The van der Waals surface area contributed by atoms with Gasteiger partial charge in [-0.2, -0.15) is 0 Å². The molecule has 0 aliphatic carbocycles. The van der Waals surface area contributed by atoms with Gasteiger partial charge in [0.15, 0.2) is 5.65 Å². The molecule has 2 aromatic carbocycles. The molecule has 0 radical (unpaired) electrons. The Hall–Kier alpha value is -3.05. The second-order valence-electron chi connectivity index (χ2n) is 5.36. The summed E-state index contributed by atoms with van der Waals surface area (Å²) in [4.78, 5) is 17.1. The van der Waals surface area contributed by atoms with E-state index in [9.17, 15) is 9.90 Å². The molecule has 0 amide bonds. The lowest BCUT2D eigenvalue weighted by Gasteiger charge is -2.02. The normalized spacial score (nSPS) is 11.0. The van der Waals surface area contributed by atoms with Crippen molar-refractivity contribution in [2.24, 2.45) is 0 Å². The van der Waals surface area contributed by atoms with Crippen molar-refractivity contribution in [3.8, 4) is 22.6 Å². The van der Waals surface area contributed by atoms with E-state index in [0.29, 0.717) is 21.7 Å². The Morgan fingerprint density at radius 1 is 1.00 bits per heavy atom. The quantitative estimate of drug-likeness (QED) is 0.585. The molecule has 6 heteroatoms. The first kappa shape index (κ1) is 14.5. The van der Waals surface area contributed by atoms with E-state index in [1.165, 1.54) is 4.68 Å². The lowest BCUT2D eigenvalue weighted by molar-refractivity contribution is 0.475. The molecule has 2 aromatic heterocycles. The van der Waals surface area contributed by atoms with Crippen LogP contribution in [0.15, 0.2) is 65.6 Å². The molecule has 0 atom stereocenters. The zero-order valence-corrected chi connectivity index (χ0v) is 13.2. The van der Waals surface area contributed by atoms with E-state index >= 15 is 0 Å². The van der Waals surface area contributed by atoms with Crippen LogP contribution in [0.3, 0.4) is 0 Å². The number of aromatic nitrogens is 3. The topological polar surface area (TPSA) is 70.9 Å². The molecule has 118 valence electrons. The number of hydrogen-bond acceptors (Lipinski definition) is 3. The summed E-state index contributed by atoms with van der Waals surface area (Å²) in [5, 5.41) is 13.6. The fourth-order valence-electron chi connectivity index (χ4n) is 2.69. The second-order valence-corrected chi connectivity index (χ2v) is 5.79. The van der Waals surface area contributed by atoms with Crippen LogP contribution in [-0.2, 0) is 0 Å². The van der Waals surface area contributed by atoms with Crippen LogP contribution in [0.1, 0.15) is 0 Å². The highest BCUT2D eigenvalue weighted by Gasteiger charge is 2.14. The summed E-state index contributed by atoms with van der Waals surface area (Å²) in [5.74, 6) is 0.177. The Bertz CT molecular complexity index is 1080. The first-order valence-electron chi connectivity index (χ1n) is 7.28. The van der Waals surface area contributed by atoms with Crippen LogP contribution in [0.25, 0.3) is 27.8 Å². The van der Waals surface area contributed by atoms with Crippen molar-refractivity contribution in [2.75, 3.05) is 0 Å². The molecule has 0 saturated carbocycles. The zero-order valence-electron chi connectivity index (χ0n) is 12.4. The lowest BCUT2D eigenvalue weighted by Crippen LogP contribution is -2.14. The van der Waals surface area contributed by atoms with E-state index in [1.54, 1.807) is 60.8 Å². The Labute approximate surface area is 141 Å². The SMILES string of the molecule is O=c1c2c(-c3ccc(O)cc3)ccnc2[nH]n1-c1ccc(Cl)cc1. The fourth-order valence-corrected chi connectivity index (χ4v) is 2.81. The molecular formula is C18H12ClN3O2. The number of fused-ring (bicyclic) bond motifs is 1. The Kier molecular flexibility index (Phi) is 3.36. The van der Waals surface area contributed by atoms with Gasteiger partial charge in [0, 0.05) is 11.2 Å². The summed E-state index contributed by atoms with van der Waals surface area (Å²) in [7, 11) is 0. The highest BCUT2D eigenvalue weighted by atomic mass is 35.5. The molecule has 24 heavy (non-hydrogen) atoms. The molecular weight excluding hydrogens is 326 g/mol. The van der Waals surface area contributed by atoms with Gasteiger partial charge in [0.2, 0.25) is 0 Å². The number of nitrogens with one attached hydrogen (secondary N) is 1. The molecule has 0 unspecified atom stereocenters. The van der Waals surface area contributed by atoms with Gasteiger partial charge in [-0.15, -0.1) is 0 Å². The zero-order chi connectivity index (χ0) is 16.7. The first-order valence-corrected chi connectivity index (χ1v) is 7.66. The van der Waals surface area contributed by atoms with Crippen molar-refractivity contribution in [1.29, 1.82) is 0 Å². The number of pyridine rings is 1. The van der Waals surface area contributed by atoms with Crippen molar-refractivity contribution < 1.29 is 5.11 Å². The van der Waals surface area contributed by atoms with E-state index in [0.717, 1.165) is 11.1 Å². The van der Waals surface area contributed by atoms with E-state index < -0.39 is 0 Å².